The van der Waals surface area contributed by atoms with Crippen molar-refractivity contribution >= 4 is 11.8 Å². The molecular formula is C34H50N2O4. The fourth-order valence-corrected chi connectivity index (χ4v) is 5.61. The molecule has 0 bridgehead atoms. The normalized spacial score (nSPS) is 14.6. The molecule has 2 aromatic carbocycles. The van der Waals surface area contributed by atoms with E-state index in [1.807, 2.05) is 37.5 Å². The number of amides is 2. The van der Waals surface area contributed by atoms with Crippen molar-refractivity contribution in [3.8, 4) is 11.5 Å². The van der Waals surface area contributed by atoms with Crippen LogP contribution in [-0.2, 0) is 33.3 Å². The summed E-state index contributed by atoms with van der Waals surface area (Å²) in [6.07, 6.45) is 2.10. The summed E-state index contributed by atoms with van der Waals surface area (Å²) in [5, 5.41) is 21.3. The molecule has 0 spiro atoms. The molecule has 0 unspecified atom stereocenters. The van der Waals surface area contributed by atoms with Crippen LogP contribution in [0, 0.1) is 27.7 Å². The molecule has 6 heteroatoms. The lowest BCUT2D eigenvalue weighted by Crippen LogP contribution is -2.50. The SMILES string of the molecule is Cc1c(CCC(=O)N2CCN(C(=O)CCc3cc(C(C)(C)C)c(O)c(C)c3C)CC2)cc(C(C)(C)C)c(O)c1C. The van der Waals surface area contributed by atoms with Crippen LogP contribution < -0.4 is 0 Å². The predicted molar refractivity (Wildman–Crippen MR) is 162 cm³/mol. The number of carbonyl (C=O) groups excluding carboxylic acids is 2. The summed E-state index contributed by atoms with van der Waals surface area (Å²) < 4.78 is 0. The number of aromatic hydroxyl groups is 2. The molecule has 2 amide bonds. The molecule has 3 rings (SSSR count). The highest BCUT2D eigenvalue weighted by Crippen LogP contribution is 2.38. The van der Waals surface area contributed by atoms with E-state index in [1.54, 1.807) is 0 Å². The zero-order valence-corrected chi connectivity index (χ0v) is 26.4. The van der Waals surface area contributed by atoms with Gasteiger partial charge in [-0.05, 0) is 95.9 Å². The summed E-state index contributed by atoms with van der Waals surface area (Å²) >= 11 is 0. The first-order valence-electron chi connectivity index (χ1n) is 14.6. The van der Waals surface area contributed by atoms with Crippen molar-refractivity contribution in [2.75, 3.05) is 26.2 Å². The number of aryl methyl sites for hydroxylation is 2. The Morgan fingerprint density at radius 2 is 0.925 bits per heavy atom. The van der Waals surface area contributed by atoms with E-state index in [4.69, 9.17) is 0 Å². The van der Waals surface area contributed by atoms with E-state index in [1.165, 1.54) is 0 Å². The smallest absolute Gasteiger partial charge is 0.223 e. The van der Waals surface area contributed by atoms with Gasteiger partial charge in [0.05, 0.1) is 0 Å². The molecule has 1 fully saturated rings. The zero-order chi connectivity index (χ0) is 30.2. The van der Waals surface area contributed by atoms with Crippen LogP contribution >= 0.6 is 0 Å². The summed E-state index contributed by atoms with van der Waals surface area (Å²) in [7, 11) is 0. The van der Waals surface area contributed by atoms with Crippen LogP contribution in [-0.4, -0.2) is 58.0 Å². The number of hydrogen-bond acceptors (Lipinski definition) is 4. The summed E-state index contributed by atoms with van der Waals surface area (Å²) in [6.45, 7) is 22.6. The monoisotopic (exact) mass is 550 g/mol. The minimum Gasteiger partial charge on any atom is -0.507 e. The van der Waals surface area contributed by atoms with Gasteiger partial charge in [-0.15, -0.1) is 0 Å². The third-order valence-corrected chi connectivity index (χ3v) is 8.76. The molecule has 0 atom stereocenters. The maximum Gasteiger partial charge on any atom is 0.223 e. The Kier molecular flexibility index (Phi) is 9.33. The lowest BCUT2D eigenvalue weighted by atomic mass is 9.82. The number of rotatable bonds is 6. The molecular weight excluding hydrogens is 500 g/mol. The first-order chi connectivity index (χ1) is 18.4. The van der Waals surface area contributed by atoms with E-state index in [9.17, 15) is 19.8 Å². The number of phenols is 2. The van der Waals surface area contributed by atoms with Crippen LogP contribution in [0.5, 0.6) is 11.5 Å². The van der Waals surface area contributed by atoms with Gasteiger partial charge in [-0.3, -0.25) is 9.59 Å². The number of nitrogens with zero attached hydrogens (tertiary/aromatic N) is 2. The van der Waals surface area contributed by atoms with Crippen molar-refractivity contribution in [1.82, 2.24) is 9.80 Å². The van der Waals surface area contributed by atoms with Crippen molar-refractivity contribution in [2.24, 2.45) is 0 Å². The summed E-state index contributed by atoms with van der Waals surface area (Å²) in [5.74, 6) is 0.927. The third-order valence-electron chi connectivity index (χ3n) is 8.76. The third kappa shape index (κ3) is 6.82. The van der Waals surface area contributed by atoms with Gasteiger partial charge in [0.15, 0.2) is 0 Å². The van der Waals surface area contributed by atoms with Crippen LogP contribution in [0.2, 0.25) is 0 Å². The highest BCUT2D eigenvalue weighted by atomic mass is 16.3. The van der Waals surface area contributed by atoms with Gasteiger partial charge in [-0.2, -0.15) is 0 Å². The lowest BCUT2D eigenvalue weighted by Gasteiger charge is -2.35. The second-order valence-corrected chi connectivity index (χ2v) is 13.6. The molecule has 2 N–H and O–H groups in total. The number of benzene rings is 2. The minimum absolute atomic E-state index is 0.111. The van der Waals surface area contributed by atoms with Crippen LogP contribution in [0.3, 0.4) is 0 Å². The van der Waals surface area contributed by atoms with Crippen molar-refractivity contribution in [1.29, 1.82) is 0 Å². The average molecular weight is 551 g/mol. The highest BCUT2D eigenvalue weighted by molar-refractivity contribution is 5.79. The van der Waals surface area contributed by atoms with Gasteiger partial charge in [0.25, 0.3) is 0 Å². The zero-order valence-electron chi connectivity index (χ0n) is 26.4. The van der Waals surface area contributed by atoms with Crippen LogP contribution in [0.4, 0.5) is 0 Å². The summed E-state index contributed by atoms with van der Waals surface area (Å²) in [5.41, 5.74) is 7.54. The van der Waals surface area contributed by atoms with E-state index in [0.717, 1.165) is 44.5 Å². The first kappa shape index (κ1) is 31.5. The van der Waals surface area contributed by atoms with E-state index < -0.39 is 0 Å². The molecule has 0 saturated carbocycles. The fourth-order valence-electron chi connectivity index (χ4n) is 5.61. The molecule has 6 nitrogen and oxygen atoms in total. The summed E-state index contributed by atoms with van der Waals surface area (Å²) in [6, 6.07) is 4.12. The van der Waals surface area contributed by atoms with Gasteiger partial charge in [-0.1, -0.05) is 53.7 Å². The number of piperazine rings is 1. The molecule has 1 aliphatic heterocycles. The van der Waals surface area contributed by atoms with E-state index in [0.29, 0.717) is 63.4 Å². The van der Waals surface area contributed by atoms with Gasteiger partial charge in [0, 0.05) is 39.0 Å². The molecule has 0 aliphatic carbocycles. The molecule has 40 heavy (non-hydrogen) atoms. The molecule has 220 valence electrons. The van der Waals surface area contributed by atoms with Gasteiger partial charge in [-0.25, -0.2) is 0 Å². The second kappa shape index (κ2) is 11.8. The summed E-state index contributed by atoms with van der Waals surface area (Å²) in [4.78, 5) is 29.9. The fraction of sp³-hybridized carbons (Fsp3) is 0.588. The topological polar surface area (TPSA) is 81.1 Å². The Bertz CT molecular complexity index is 1170. The second-order valence-electron chi connectivity index (χ2n) is 13.6. The molecule has 0 radical (unpaired) electrons. The van der Waals surface area contributed by atoms with E-state index in [2.05, 4.69) is 53.7 Å². The van der Waals surface area contributed by atoms with Crippen molar-refractivity contribution in [3.63, 3.8) is 0 Å². The molecule has 0 aromatic heterocycles. The molecule has 2 aromatic rings. The van der Waals surface area contributed by atoms with Crippen molar-refractivity contribution in [3.05, 3.63) is 56.6 Å². The Labute approximate surface area is 241 Å². The van der Waals surface area contributed by atoms with Crippen molar-refractivity contribution in [2.45, 2.75) is 106 Å². The Morgan fingerprint density at radius 3 is 1.20 bits per heavy atom. The maximum absolute atomic E-state index is 13.1. The first-order valence-corrected chi connectivity index (χ1v) is 14.6. The van der Waals surface area contributed by atoms with Crippen LogP contribution in [0.15, 0.2) is 12.1 Å². The number of hydrogen-bond donors (Lipinski definition) is 2. The molecule has 1 aliphatic rings. The Morgan fingerprint density at radius 1 is 0.625 bits per heavy atom. The quantitative estimate of drug-likeness (QED) is 0.451. The van der Waals surface area contributed by atoms with Crippen molar-refractivity contribution < 1.29 is 19.8 Å². The van der Waals surface area contributed by atoms with Crippen LogP contribution in [0.25, 0.3) is 0 Å². The highest BCUT2D eigenvalue weighted by Gasteiger charge is 2.27. The lowest BCUT2D eigenvalue weighted by molar-refractivity contribution is -0.139. The van der Waals surface area contributed by atoms with Gasteiger partial charge >= 0.3 is 0 Å². The van der Waals surface area contributed by atoms with Gasteiger partial charge < -0.3 is 20.0 Å². The molecule has 1 saturated heterocycles. The predicted octanol–water partition coefficient (Wildman–Crippen LogP) is 6.16. The standard InChI is InChI=1S/C34H50N2O4/c1-21-23(3)31(39)27(33(5,6)7)19-25(21)11-13-29(37)35-15-17-36(18-16-35)30(38)14-12-26-20-28(34(8,9)10)32(40)24(4)22(26)2/h19-20,39-40H,11-18H2,1-10H3. The van der Waals surface area contributed by atoms with Crippen LogP contribution in [0.1, 0.15) is 98.9 Å². The van der Waals surface area contributed by atoms with Gasteiger partial charge in [0.2, 0.25) is 11.8 Å². The average Bonchev–Trinajstić information content (AvgIpc) is 2.87. The van der Waals surface area contributed by atoms with Gasteiger partial charge in [0.1, 0.15) is 11.5 Å². The molecule has 1 heterocycles. The Hall–Kier alpha value is -3.02. The van der Waals surface area contributed by atoms with E-state index in [-0.39, 0.29) is 22.6 Å². The number of carbonyl (C=O) groups is 2. The largest absolute Gasteiger partial charge is 0.507 e. The number of phenolic OH excluding ortho intramolecular Hbond substituents is 2. The maximum atomic E-state index is 13.1. The Balaban J connectivity index is 1.57. The van der Waals surface area contributed by atoms with E-state index >= 15 is 0 Å². The minimum atomic E-state index is -0.182.